The van der Waals surface area contributed by atoms with Gasteiger partial charge in [-0.3, -0.25) is 9.48 Å². The minimum atomic E-state index is 0.0962. The van der Waals surface area contributed by atoms with E-state index in [4.69, 9.17) is 0 Å². The summed E-state index contributed by atoms with van der Waals surface area (Å²) in [4.78, 5) is 17.9. The number of hydrogen-bond acceptors (Lipinski definition) is 3. The second kappa shape index (κ2) is 8.26. The summed E-state index contributed by atoms with van der Waals surface area (Å²) >= 11 is 0. The van der Waals surface area contributed by atoms with Crippen molar-refractivity contribution in [3.05, 3.63) is 42.1 Å². The van der Waals surface area contributed by atoms with Gasteiger partial charge in [-0.05, 0) is 63.2 Å². The molecule has 2 aliphatic rings. The van der Waals surface area contributed by atoms with Gasteiger partial charge in [-0.1, -0.05) is 30.3 Å². The lowest BCUT2D eigenvalue weighted by molar-refractivity contribution is 0.0581. The molecule has 1 aromatic heterocycles. The number of aromatic nitrogens is 2. The van der Waals surface area contributed by atoms with Gasteiger partial charge in [0, 0.05) is 26.2 Å². The second-order valence-electron chi connectivity index (χ2n) is 7.89. The molecule has 144 valence electrons. The molecule has 1 atom stereocenters. The van der Waals surface area contributed by atoms with E-state index < -0.39 is 0 Å². The molecule has 0 N–H and O–H groups in total. The van der Waals surface area contributed by atoms with Crippen LogP contribution in [0.1, 0.15) is 49.0 Å². The van der Waals surface area contributed by atoms with Crippen molar-refractivity contribution in [3.63, 3.8) is 0 Å². The fraction of sp³-hybridized carbons (Fsp3) is 0.545. The average molecular weight is 367 g/mol. The number of hydrogen-bond donors (Lipinski definition) is 0. The Morgan fingerprint density at radius 3 is 2.59 bits per heavy atom. The van der Waals surface area contributed by atoms with Gasteiger partial charge >= 0.3 is 0 Å². The quantitative estimate of drug-likeness (QED) is 0.812. The summed E-state index contributed by atoms with van der Waals surface area (Å²) in [6, 6.07) is 12.5. The first kappa shape index (κ1) is 18.2. The topological polar surface area (TPSA) is 41.4 Å². The van der Waals surface area contributed by atoms with Crippen molar-refractivity contribution in [1.29, 1.82) is 0 Å². The summed E-state index contributed by atoms with van der Waals surface area (Å²) in [5.41, 5.74) is 2.66. The molecule has 0 bridgehead atoms. The molecule has 1 unspecified atom stereocenters. The van der Waals surface area contributed by atoms with Crippen LogP contribution < -0.4 is 0 Å². The fourth-order valence-corrected chi connectivity index (χ4v) is 4.50. The van der Waals surface area contributed by atoms with Gasteiger partial charge < -0.3 is 9.80 Å². The SMILES string of the molecule is Cn1nc(C(=O)N2CCCCC2CCN2CCCC2)cc1-c1ccccc1. The predicted octanol–water partition coefficient (Wildman–Crippen LogP) is 3.57. The molecule has 1 aromatic carbocycles. The molecule has 0 spiro atoms. The van der Waals surface area contributed by atoms with Crippen molar-refractivity contribution in [2.24, 2.45) is 7.05 Å². The van der Waals surface area contributed by atoms with Gasteiger partial charge in [0.1, 0.15) is 0 Å². The van der Waals surface area contributed by atoms with Crippen molar-refractivity contribution in [2.75, 3.05) is 26.2 Å². The highest BCUT2D eigenvalue weighted by molar-refractivity contribution is 5.93. The lowest BCUT2D eigenvalue weighted by atomic mass is 9.98. The number of aryl methyl sites for hydroxylation is 1. The molecule has 4 rings (SSSR count). The van der Waals surface area contributed by atoms with Crippen LogP contribution in [-0.4, -0.2) is 57.7 Å². The van der Waals surface area contributed by atoms with E-state index in [0.29, 0.717) is 11.7 Å². The molecule has 27 heavy (non-hydrogen) atoms. The Morgan fingerprint density at radius 2 is 1.81 bits per heavy atom. The van der Waals surface area contributed by atoms with Crippen LogP contribution in [0.5, 0.6) is 0 Å². The fourth-order valence-electron chi connectivity index (χ4n) is 4.50. The molecule has 0 saturated carbocycles. The molecule has 0 aliphatic carbocycles. The molecule has 2 aromatic rings. The summed E-state index contributed by atoms with van der Waals surface area (Å²) in [7, 11) is 1.92. The van der Waals surface area contributed by atoms with Crippen molar-refractivity contribution >= 4 is 5.91 Å². The Bertz CT molecular complexity index is 764. The maximum Gasteiger partial charge on any atom is 0.274 e. The summed E-state index contributed by atoms with van der Waals surface area (Å²) in [5, 5.41) is 4.55. The Balaban J connectivity index is 1.48. The summed E-state index contributed by atoms with van der Waals surface area (Å²) in [5.74, 6) is 0.0962. The van der Waals surface area contributed by atoms with Crippen LogP contribution in [0.15, 0.2) is 36.4 Å². The van der Waals surface area contributed by atoms with Gasteiger partial charge in [-0.2, -0.15) is 5.10 Å². The summed E-state index contributed by atoms with van der Waals surface area (Å²) < 4.78 is 1.83. The van der Waals surface area contributed by atoms with E-state index in [0.717, 1.165) is 43.6 Å². The van der Waals surface area contributed by atoms with Gasteiger partial charge in [0.2, 0.25) is 0 Å². The number of rotatable bonds is 5. The molecule has 2 saturated heterocycles. The molecule has 0 radical (unpaired) electrons. The zero-order chi connectivity index (χ0) is 18.6. The normalized spacial score (nSPS) is 20.9. The summed E-state index contributed by atoms with van der Waals surface area (Å²) in [6.07, 6.45) is 7.19. The molecular weight excluding hydrogens is 336 g/mol. The molecule has 2 fully saturated rings. The highest BCUT2D eigenvalue weighted by Gasteiger charge is 2.29. The molecule has 3 heterocycles. The number of benzene rings is 1. The average Bonchev–Trinajstić information content (AvgIpc) is 3.36. The lowest BCUT2D eigenvalue weighted by Crippen LogP contribution is -2.45. The number of carbonyl (C=O) groups excluding carboxylic acids is 1. The Morgan fingerprint density at radius 1 is 1.07 bits per heavy atom. The zero-order valence-electron chi connectivity index (χ0n) is 16.3. The van der Waals surface area contributed by atoms with Crippen LogP contribution in [0.4, 0.5) is 0 Å². The number of amides is 1. The number of likely N-dealkylation sites (tertiary alicyclic amines) is 2. The Hall–Kier alpha value is -2.14. The van der Waals surface area contributed by atoms with Crippen LogP contribution in [0.25, 0.3) is 11.3 Å². The Labute approximate surface area is 162 Å². The first-order chi connectivity index (χ1) is 13.2. The molecule has 2 aliphatic heterocycles. The van der Waals surface area contributed by atoms with Crippen LogP contribution in [0.2, 0.25) is 0 Å². The third-order valence-electron chi connectivity index (χ3n) is 6.03. The van der Waals surface area contributed by atoms with Gasteiger partial charge in [0.15, 0.2) is 5.69 Å². The van der Waals surface area contributed by atoms with Gasteiger partial charge in [0.25, 0.3) is 5.91 Å². The molecular formula is C22H30N4O. The highest BCUT2D eigenvalue weighted by Crippen LogP contribution is 2.25. The van der Waals surface area contributed by atoms with E-state index in [1.165, 1.54) is 32.4 Å². The minimum absolute atomic E-state index is 0.0962. The van der Waals surface area contributed by atoms with E-state index in [1.807, 2.05) is 36.0 Å². The lowest BCUT2D eigenvalue weighted by Gasteiger charge is -2.36. The smallest absolute Gasteiger partial charge is 0.274 e. The van der Waals surface area contributed by atoms with E-state index in [-0.39, 0.29) is 5.91 Å². The largest absolute Gasteiger partial charge is 0.334 e. The standard InChI is InChI=1S/C22H30N4O/c1-24-21(18-9-3-2-4-10-18)17-20(23-24)22(27)26-15-6-5-11-19(26)12-16-25-13-7-8-14-25/h2-4,9-10,17,19H,5-8,11-16H2,1H3. The van der Waals surface area contributed by atoms with Gasteiger partial charge in [0.05, 0.1) is 5.69 Å². The van der Waals surface area contributed by atoms with Crippen molar-refractivity contribution in [2.45, 2.75) is 44.6 Å². The first-order valence-electron chi connectivity index (χ1n) is 10.3. The van der Waals surface area contributed by atoms with E-state index in [9.17, 15) is 4.79 Å². The third kappa shape index (κ3) is 4.08. The maximum atomic E-state index is 13.2. The third-order valence-corrected chi connectivity index (χ3v) is 6.03. The van der Waals surface area contributed by atoms with Crippen LogP contribution >= 0.6 is 0 Å². The first-order valence-corrected chi connectivity index (χ1v) is 10.3. The molecule has 5 heteroatoms. The van der Waals surface area contributed by atoms with Crippen molar-refractivity contribution in [1.82, 2.24) is 19.6 Å². The highest BCUT2D eigenvalue weighted by atomic mass is 16.2. The van der Waals surface area contributed by atoms with E-state index >= 15 is 0 Å². The molecule has 1 amide bonds. The zero-order valence-corrected chi connectivity index (χ0v) is 16.3. The number of piperidine rings is 1. The van der Waals surface area contributed by atoms with Gasteiger partial charge in [-0.15, -0.1) is 0 Å². The van der Waals surface area contributed by atoms with Crippen molar-refractivity contribution < 1.29 is 4.79 Å². The van der Waals surface area contributed by atoms with Crippen molar-refractivity contribution in [3.8, 4) is 11.3 Å². The van der Waals surface area contributed by atoms with Crippen LogP contribution in [0.3, 0.4) is 0 Å². The summed E-state index contributed by atoms with van der Waals surface area (Å²) in [6.45, 7) is 4.43. The van der Waals surface area contributed by atoms with E-state index in [2.05, 4.69) is 27.0 Å². The Kier molecular flexibility index (Phi) is 5.58. The second-order valence-corrected chi connectivity index (χ2v) is 7.89. The van der Waals surface area contributed by atoms with Gasteiger partial charge in [-0.25, -0.2) is 0 Å². The van der Waals surface area contributed by atoms with Crippen LogP contribution in [0, 0.1) is 0 Å². The van der Waals surface area contributed by atoms with E-state index in [1.54, 1.807) is 0 Å². The number of carbonyl (C=O) groups is 1. The predicted molar refractivity (Wildman–Crippen MR) is 108 cm³/mol. The van der Waals surface area contributed by atoms with Crippen LogP contribution in [-0.2, 0) is 7.05 Å². The molecule has 5 nitrogen and oxygen atoms in total. The number of nitrogens with zero attached hydrogens (tertiary/aromatic N) is 4. The minimum Gasteiger partial charge on any atom is -0.334 e. The monoisotopic (exact) mass is 366 g/mol. The maximum absolute atomic E-state index is 13.2.